The number of para-hydroxylation sites is 1. The van der Waals surface area contributed by atoms with Crippen LogP contribution in [-0.4, -0.2) is 19.8 Å². The van der Waals surface area contributed by atoms with Gasteiger partial charge in [0.05, 0.1) is 32.7 Å². The Labute approximate surface area is 172 Å². The lowest BCUT2D eigenvalue weighted by Gasteiger charge is -2.27. The maximum Gasteiger partial charge on any atom is 0.348 e. The maximum atomic E-state index is 12.0. The number of carbonyl (C=O) groups is 1. The molecule has 1 atom stereocenters. The third-order valence-electron chi connectivity index (χ3n) is 3.81. The van der Waals surface area contributed by atoms with Crippen molar-refractivity contribution in [3.63, 3.8) is 0 Å². The number of aromatic carboxylic acids is 1. The quantitative estimate of drug-likeness (QED) is 0.518. The van der Waals surface area contributed by atoms with Crippen LogP contribution in [0.4, 0.5) is 11.4 Å². The molecular weight excluding hydrogens is 429 g/mol. The Hall–Kier alpha value is -1.90. The molecule has 1 unspecified atom stereocenters. The molecule has 1 N–H and O–H groups in total. The van der Waals surface area contributed by atoms with Crippen molar-refractivity contribution in [1.29, 1.82) is 0 Å². The van der Waals surface area contributed by atoms with Crippen LogP contribution >= 0.6 is 34.5 Å². The molecule has 0 amide bonds. The number of hydrogen-bond acceptors (Lipinski definition) is 4. The van der Waals surface area contributed by atoms with Gasteiger partial charge in [0, 0.05) is 4.88 Å². The van der Waals surface area contributed by atoms with Gasteiger partial charge in [0.1, 0.15) is 4.88 Å². The van der Waals surface area contributed by atoms with Crippen LogP contribution < -0.4 is 4.31 Å². The lowest BCUT2D eigenvalue weighted by Crippen LogP contribution is -2.21. The summed E-state index contributed by atoms with van der Waals surface area (Å²) in [6.45, 7) is 1.75. The summed E-state index contributed by atoms with van der Waals surface area (Å²) in [6, 6.07) is 13.3. The topological polar surface area (TPSA) is 80.7 Å². The molecular formula is C18H12Cl2NO4S2-. The predicted octanol–water partition coefficient (Wildman–Crippen LogP) is 5.66. The first kappa shape index (κ1) is 19.9. The molecule has 1 aromatic heterocycles. The van der Waals surface area contributed by atoms with E-state index in [0.29, 0.717) is 31.7 Å². The van der Waals surface area contributed by atoms with Crippen molar-refractivity contribution in [1.82, 2.24) is 0 Å². The first-order chi connectivity index (χ1) is 12.8. The van der Waals surface area contributed by atoms with E-state index in [4.69, 9.17) is 23.2 Å². The summed E-state index contributed by atoms with van der Waals surface area (Å²) < 4.78 is 24.9. The van der Waals surface area contributed by atoms with Gasteiger partial charge >= 0.3 is 5.97 Å². The highest BCUT2D eigenvalue weighted by molar-refractivity contribution is 7.81. The number of benzene rings is 2. The Bertz CT molecular complexity index is 1050. The minimum absolute atomic E-state index is 0.0659. The summed E-state index contributed by atoms with van der Waals surface area (Å²) in [5, 5.41) is 10.3. The number of hydrogen-bond donors (Lipinski definition) is 1. The van der Waals surface area contributed by atoms with E-state index >= 15 is 0 Å². The molecule has 27 heavy (non-hydrogen) atoms. The minimum atomic E-state index is -2.71. The van der Waals surface area contributed by atoms with Gasteiger partial charge in [-0.15, -0.1) is 11.3 Å². The summed E-state index contributed by atoms with van der Waals surface area (Å²) in [5.74, 6) is -1.22. The Balaban J connectivity index is 2.20. The minimum Gasteiger partial charge on any atom is -0.755 e. The summed E-state index contributed by atoms with van der Waals surface area (Å²) >= 11 is 10.2. The zero-order valence-electron chi connectivity index (χ0n) is 13.8. The van der Waals surface area contributed by atoms with E-state index in [-0.39, 0.29) is 10.6 Å². The average Bonchev–Trinajstić information content (AvgIpc) is 3.04. The van der Waals surface area contributed by atoms with Crippen molar-refractivity contribution in [3.8, 4) is 10.4 Å². The molecule has 0 saturated heterocycles. The van der Waals surface area contributed by atoms with E-state index in [9.17, 15) is 18.7 Å². The fourth-order valence-corrected chi connectivity index (χ4v) is 4.56. The van der Waals surface area contributed by atoms with Gasteiger partial charge < -0.3 is 9.66 Å². The molecule has 0 aliphatic heterocycles. The van der Waals surface area contributed by atoms with Crippen LogP contribution in [0.1, 0.15) is 15.2 Å². The van der Waals surface area contributed by atoms with E-state index < -0.39 is 17.2 Å². The van der Waals surface area contributed by atoms with Gasteiger partial charge in [-0.1, -0.05) is 47.5 Å². The SMILES string of the molecule is Cc1ccccc1N(c1cc(-c2ccc(Cl)c(Cl)c2)sc1C(=O)O)S(=O)[O-]. The fourth-order valence-electron chi connectivity index (χ4n) is 2.56. The highest BCUT2D eigenvalue weighted by Crippen LogP contribution is 2.42. The number of aryl methyl sites for hydroxylation is 1. The Morgan fingerprint density at radius 2 is 1.81 bits per heavy atom. The van der Waals surface area contributed by atoms with Crippen molar-refractivity contribution in [2.45, 2.75) is 6.92 Å². The second kappa shape index (κ2) is 8.00. The van der Waals surface area contributed by atoms with Crippen molar-refractivity contribution in [3.05, 3.63) is 69.0 Å². The van der Waals surface area contributed by atoms with Gasteiger partial charge in [-0.25, -0.2) is 4.79 Å². The fraction of sp³-hybridized carbons (Fsp3) is 0.0556. The summed E-state index contributed by atoms with van der Waals surface area (Å²) in [4.78, 5) is 12.2. The van der Waals surface area contributed by atoms with Crippen LogP contribution in [-0.2, 0) is 11.3 Å². The molecule has 0 aliphatic rings. The van der Waals surface area contributed by atoms with Gasteiger partial charge in [0.15, 0.2) is 0 Å². The Morgan fingerprint density at radius 3 is 2.41 bits per heavy atom. The zero-order chi connectivity index (χ0) is 19.7. The Kier molecular flexibility index (Phi) is 5.88. The third-order valence-corrected chi connectivity index (χ3v) is 6.40. The van der Waals surface area contributed by atoms with E-state index in [1.165, 1.54) is 6.07 Å². The highest BCUT2D eigenvalue weighted by Gasteiger charge is 2.24. The van der Waals surface area contributed by atoms with Crippen molar-refractivity contribution in [2.24, 2.45) is 0 Å². The van der Waals surface area contributed by atoms with Crippen molar-refractivity contribution >= 4 is 63.1 Å². The number of nitrogens with zero attached hydrogens (tertiary/aromatic N) is 1. The van der Waals surface area contributed by atoms with Crippen molar-refractivity contribution in [2.75, 3.05) is 4.31 Å². The van der Waals surface area contributed by atoms with Crippen LogP contribution in [0.3, 0.4) is 0 Å². The lowest BCUT2D eigenvalue weighted by molar-refractivity contribution is 0.0703. The second-order valence-electron chi connectivity index (χ2n) is 5.56. The number of halogens is 2. The number of carboxylic acid groups (broad SMARTS) is 1. The summed E-state index contributed by atoms with van der Waals surface area (Å²) in [5.41, 5.74) is 1.79. The summed E-state index contributed by atoms with van der Waals surface area (Å²) in [7, 11) is 0. The zero-order valence-corrected chi connectivity index (χ0v) is 17.0. The first-order valence-electron chi connectivity index (χ1n) is 7.57. The predicted molar refractivity (Wildman–Crippen MR) is 109 cm³/mol. The number of carboxylic acids is 1. The number of rotatable bonds is 5. The van der Waals surface area contributed by atoms with E-state index in [2.05, 4.69) is 0 Å². The van der Waals surface area contributed by atoms with Crippen molar-refractivity contribution < 1.29 is 18.7 Å². The van der Waals surface area contributed by atoms with Crippen LogP contribution in [0.25, 0.3) is 10.4 Å². The molecule has 0 saturated carbocycles. The molecule has 9 heteroatoms. The molecule has 3 rings (SSSR count). The largest absolute Gasteiger partial charge is 0.755 e. The van der Waals surface area contributed by atoms with E-state index in [0.717, 1.165) is 15.6 Å². The molecule has 0 spiro atoms. The average molecular weight is 441 g/mol. The molecule has 3 aromatic rings. The van der Waals surface area contributed by atoms with Crippen LogP contribution in [0.5, 0.6) is 0 Å². The summed E-state index contributed by atoms with van der Waals surface area (Å²) in [6.07, 6.45) is 0. The highest BCUT2D eigenvalue weighted by atomic mass is 35.5. The van der Waals surface area contributed by atoms with Crippen LogP contribution in [0.2, 0.25) is 10.0 Å². The smallest absolute Gasteiger partial charge is 0.348 e. The number of thiophene rings is 1. The Morgan fingerprint density at radius 1 is 1.11 bits per heavy atom. The monoisotopic (exact) mass is 440 g/mol. The standard InChI is InChI=1S/C18H13Cl2NO4S2/c1-10-4-2-3-5-14(10)21(27(24)25)15-9-16(26-17(15)18(22)23)11-6-7-12(19)13(20)8-11/h2-9H,1H3,(H,22,23)(H,24,25)/p-1. The third kappa shape index (κ3) is 4.02. The molecule has 140 valence electrons. The van der Waals surface area contributed by atoms with Gasteiger partial charge in [-0.2, -0.15) is 0 Å². The van der Waals surface area contributed by atoms with Gasteiger partial charge in [0.25, 0.3) is 0 Å². The normalized spacial score (nSPS) is 12.0. The molecule has 5 nitrogen and oxygen atoms in total. The molecule has 0 aliphatic carbocycles. The molecule has 0 radical (unpaired) electrons. The lowest BCUT2D eigenvalue weighted by atomic mass is 10.1. The second-order valence-corrected chi connectivity index (χ2v) is 8.22. The van der Waals surface area contributed by atoms with E-state index in [1.54, 1.807) is 49.4 Å². The molecule has 0 fully saturated rings. The molecule has 1 heterocycles. The molecule has 0 bridgehead atoms. The van der Waals surface area contributed by atoms with Gasteiger partial charge in [-0.3, -0.25) is 8.51 Å². The number of anilines is 2. The van der Waals surface area contributed by atoms with Gasteiger partial charge in [0.2, 0.25) is 0 Å². The van der Waals surface area contributed by atoms with Crippen LogP contribution in [0, 0.1) is 6.92 Å². The van der Waals surface area contributed by atoms with Gasteiger partial charge in [-0.05, 0) is 42.3 Å². The maximum absolute atomic E-state index is 12.0. The van der Waals surface area contributed by atoms with E-state index in [1.807, 2.05) is 0 Å². The first-order valence-corrected chi connectivity index (χ1v) is 10.2. The molecule has 2 aromatic carbocycles. The van der Waals surface area contributed by atoms with Crippen LogP contribution in [0.15, 0.2) is 48.5 Å².